The van der Waals surface area contributed by atoms with E-state index >= 15 is 0 Å². The van der Waals surface area contributed by atoms with E-state index in [0.29, 0.717) is 5.75 Å². The molecule has 7 heteroatoms. The predicted octanol–water partition coefficient (Wildman–Crippen LogP) is 2.69. The lowest BCUT2D eigenvalue weighted by Crippen LogP contribution is -2.11. The van der Waals surface area contributed by atoms with E-state index in [1.165, 1.54) is 7.05 Å². The number of ether oxygens (including phenoxy) is 1. The molecule has 0 saturated heterocycles. The molecule has 1 aromatic carbocycles. The highest BCUT2D eigenvalue weighted by Gasteiger charge is 2.39. The molecule has 102 valence electrons. The van der Waals surface area contributed by atoms with Crippen molar-refractivity contribution in [2.45, 2.75) is 12.7 Å². The van der Waals surface area contributed by atoms with Crippen molar-refractivity contribution in [2.75, 3.05) is 0 Å². The largest absolute Gasteiger partial charge is 0.439 e. The fourth-order valence-corrected chi connectivity index (χ4v) is 1.69. The summed E-state index contributed by atoms with van der Waals surface area (Å²) in [6, 6.07) is 8.50. The molecule has 0 atom stereocenters. The highest BCUT2D eigenvalue weighted by atomic mass is 19.4. The van der Waals surface area contributed by atoms with Crippen molar-refractivity contribution in [1.82, 2.24) is 9.78 Å². The van der Waals surface area contributed by atoms with Crippen LogP contribution in [-0.4, -0.2) is 9.78 Å². The molecule has 0 spiro atoms. The molecule has 0 fully saturated rings. The molecule has 0 aliphatic heterocycles. The van der Waals surface area contributed by atoms with Crippen LogP contribution in [0, 0.1) is 0 Å². The Hall–Kier alpha value is -2.02. The summed E-state index contributed by atoms with van der Waals surface area (Å²) in [5, 5.41) is 3.44. The number of rotatable bonds is 3. The van der Waals surface area contributed by atoms with Gasteiger partial charge < -0.3 is 10.5 Å². The summed E-state index contributed by atoms with van der Waals surface area (Å²) >= 11 is 0. The van der Waals surface area contributed by atoms with Gasteiger partial charge in [0.25, 0.3) is 0 Å². The zero-order valence-electron chi connectivity index (χ0n) is 10.1. The van der Waals surface area contributed by atoms with Crippen molar-refractivity contribution in [3.8, 4) is 11.6 Å². The maximum atomic E-state index is 12.8. The Balaban J connectivity index is 2.43. The van der Waals surface area contributed by atoms with Crippen LogP contribution in [0.4, 0.5) is 13.2 Å². The summed E-state index contributed by atoms with van der Waals surface area (Å²) in [4.78, 5) is 0. The minimum Gasteiger partial charge on any atom is -0.439 e. The molecule has 0 saturated carbocycles. The standard InChI is InChI=1S/C12H12F3N3O/c1-18-11(19-8-5-3-2-4-6-8)9(7-16)10(17-18)12(13,14)15/h2-6H,7,16H2,1H3. The van der Waals surface area contributed by atoms with Crippen LogP contribution in [0.15, 0.2) is 30.3 Å². The third-order valence-corrected chi connectivity index (χ3v) is 2.52. The Bertz CT molecular complexity index is 564. The van der Waals surface area contributed by atoms with Crippen LogP contribution in [0.3, 0.4) is 0 Å². The summed E-state index contributed by atoms with van der Waals surface area (Å²) in [6.07, 6.45) is -4.55. The van der Waals surface area contributed by atoms with E-state index in [4.69, 9.17) is 10.5 Å². The number of aromatic nitrogens is 2. The molecule has 0 radical (unpaired) electrons. The van der Waals surface area contributed by atoms with Crippen LogP contribution in [0.2, 0.25) is 0 Å². The number of halogens is 3. The first-order valence-electron chi connectivity index (χ1n) is 5.49. The van der Waals surface area contributed by atoms with Crippen LogP contribution in [0.25, 0.3) is 0 Å². The number of hydrogen-bond donors (Lipinski definition) is 1. The molecule has 0 aliphatic carbocycles. The molecule has 2 aromatic rings. The molecule has 0 unspecified atom stereocenters. The molecule has 0 aliphatic rings. The van der Waals surface area contributed by atoms with Crippen LogP contribution >= 0.6 is 0 Å². The topological polar surface area (TPSA) is 53.1 Å². The summed E-state index contributed by atoms with van der Waals surface area (Å²) in [7, 11) is 1.38. The monoisotopic (exact) mass is 271 g/mol. The van der Waals surface area contributed by atoms with E-state index in [1.807, 2.05) is 0 Å². The zero-order chi connectivity index (χ0) is 14.0. The van der Waals surface area contributed by atoms with Crippen molar-refractivity contribution in [2.24, 2.45) is 12.8 Å². The first kappa shape index (κ1) is 13.4. The van der Waals surface area contributed by atoms with Gasteiger partial charge in [-0.3, -0.25) is 0 Å². The number of benzene rings is 1. The van der Waals surface area contributed by atoms with Gasteiger partial charge in [-0.25, -0.2) is 4.68 Å². The van der Waals surface area contributed by atoms with E-state index in [-0.39, 0.29) is 18.0 Å². The number of nitrogens with two attached hydrogens (primary N) is 1. The highest BCUT2D eigenvalue weighted by molar-refractivity contribution is 5.37. The Morgan fingerprint density at radius 2 is 1.89 bits per heavy atom. The molecule has 2 N–H and O–H groups in total. The number of aryl methyl sites for hydroxylation is 1. The van der Waals surface area contributed by atoms with Gasteiger partial charge in [0.1, 0.15) is 5.75 Å². The summed E-state index contributed by atoms with van der Waals surface area (Å²) in [5.74, 6) is 0.426. The number of para-hydroxylation sites is 1. The van der Waals surface area contributed by atoms with Crippen LogP contribution in [0.5, 0.6) is 11.6 Å². The van der Waals surface area contributed by atoms with Crippen LogP contribution in [-0.2, 0) is 19.8 Å². The summed E-state index contributed by atoms with van der Waals surface area (Å²) < 4.78 is 44.8. The maximum absolute atomic E-state index is 12.8. The van der Waals surface area contributed by atoms with Gasteiger partial charge >= 0.3 is 6.18 Å². The zero-order valence-corrected chi connectivity index (χ0v) is 10.1. The molecule has 1 aromatic heterocycles. The predicted molar refractivity (Wildman–Crippen MR) is 62.6 cm³/mol. The first-order chi connectivity index (χ1) is 8.93. The molecule has 4 nitrogen and oxygen atoms in total. The van der Waals surface area contributed by atoms with Crippen LogP contribution in [0.1, 0.15) is 11.3 Å². The molecule has 2 rings (SSSR count). The second-order valence-corrected chi connectivity index (χ2v) is 3.87. The third kappa shape index (κ3) is 2.70. The molecule has 0 bridgehead atoms. The van der Waals surface area contributed by atoms with E-state index in [2.05, 4.69) is 5.10 Å². The minimum absolute atomic E-state index is 0.000949. The lowest BCUT2D eigenvalue weighted by Gasteiger charge is -2.08. The van der Waals surface area contributed by atoms with E-state index in [0.717, 1.165) is 4.68 Å². The Kier molecular flexibility index (Phi) is 3.48. The molecule has 0 amide bonds. The summed E-state index contributed by atoms with van der Waals surface area (Å²) in [5.41, 5.74) is 4.22. The van der Waals surface area contributed by atoms with Gasteiger partial charge in [-0.05, 0) is 12.1 Å². The second-order valence-electron chi connectivity index (χ2n) is 3.87. The average Bonchev–Trinajstić information content (AvgIpc) is 2.68. The quantitative estimate of drug-likeness (QED) is 0.933. The van der Waals surface area contributed by atoms with Crippen LogP contribution < -0.4 is 10.5 Å². The molecule has 1 heterocycles. The Morgan fingerprint density at radius 3 is 2.42 bits per heavy atom. The maximum Gasteiger partial charge on any atom is 0.435 e. The number of alkyl halides is 3. The SMILES string of the molecule is Cn1nc(C(F)(F)F)c(CN)c1Oc1ccccc1. The summed E-state index contributed by atoms with van der Waals surface area (Å²) in [6.45, 7) is -0.301. The lowest BCUT2D eigenvalue weighted by atomic mass is 10.2. The molecule has 19 heavy (non-hydrogen) atoms. The van der Waals surface area contributed by atoms with Gasteiger partial charge in [-0.1, -0.05) is 18.2 Å². The second kappa shape index (κ2) is 4.93. The normalized spacial score (nSPS) is 11.6. The third-order valence-electron chi connectivity index (χ3n) is 2.52. The van der Waals surface area contributed by atoms with Gasteiger partial charge in [0.15, 0.2) is 5.69 Å². The van der Waals surface area contributed by atoms with Gasteiger partial charge in [0.05, 0.1) is 5.56 Å². The Morgan fingerprint density at radius 1 is 1.26 bits per heavy atom. The average molecular weight is 271 g/mol. The molecular formula is C12H12F3N3O. The smallest absolute Gasteiger partial charge is 0.435 e. The highest BCUT2D eigenvalue weighted by Crippen LogP contribution is 2.36. The first-order valence-corrected chi connectivity index (χ1v) is 5.49. The minimum atomic E-state index is -4.55. The van der Waals surface area contributed by atoms with Crippen molar-refractivity contribution in [3.05, 3.63) is 41.6 Å². The molecular weight excluding hydrogens is 259 g/mol. The number of nitrogens with zero attached hydrogens (tertiary/aromatic N) is 2. The fraction of sp³-hybridized carbons (Fsp3) is 0.250. The van der Waals surface area contributed by atoms with Gasteiger partial charge in [-0.2, -0.15) is 18.3 Å². The Labute approximate surface area is 107 Å². The lowest BCUT2D eigenvalue weighted by molar-refractivity contribution is -0.142. The van der Waals surface area contributed by atoms with Gasteiger partial charge in [0.2, 0.25) is 5.88 Å². The fourth-order valence-electron chi connectivity index (χ4n) is 1.69. The number of hydrogen-bond acceptors (Lipinski definition) is 3. The van der Waals surface area contributed by atoms with E-state index < -0.39 is 11.9 Å². The van der Waals surface area contributed by atoms with Crippen molar-refractivity contribution >= 4 is 0 Å². The van der Waals surface area contributed by atoms with Gasteiger partial charge in [-0.15, -0.1) is 0 Å². The van der Waals surface area contributed by atoms with E-state index in [9.17, 15) is 13.2 Å². The van der Waals surface area contributed by atoms with Crippen molar-refractivity contribution in [3.63, 3.8) is 0 Å². The van der Waals surface area contributed by atoms with E-state index in [1.54, 1.807) is 30.3 Å². The van der Waals surface area contributed by atoms with Crippen molar-refractivity contribution < 1.29 is 17.9 Å². The van der Waals surface area contributed by atoms with Gasteiger partial charge in [0, 0.05) is 13.6 Å². The van der Waals surface area contributed by atoms with Crippen molar-refractivity contribution in [1.29, 1.82) is 0 Å².